The molecular formula is C19H22ClN3O3S. The highest BCUT2D eigenvalue weighted by molar-refractivity contribution is 7.92. The summed E-state index contributed by atoms with van der Waals surface area (Å²) in [7, 11) is -3.76. The number of carbonyl (C=O) groups is 1. The zero-order valence-corrected chi connectivity index (χ0v) is 16.4. The molecule has 0 bridgehead atoms. The van der Waals surface area contributed by atoms with Crippen molar-refractivity contribution in [3.05, 3.63) is 53.6 Å². The van der Waals surface area contributed by atoms with E-state index in [-0.39, 0.29) is 10.9 Å². The van der Waals surface area contributed by atoms with E-state index in [0.29, 0.717) is 16.4 Å². The van der Waals surface area contributed by atoms with E-state index >= 15 is 0 Å². The van der Waals surface area contributed by atoms with Crippen LogP contribution >= 0.6 is 11.6 Å². The molecule has 6 nitrogen and oxygen atoms in total. The third-order valence-electron chi connectivity index (χ3n) is 4.43. The van der Waals surface area contributed by atoms with Crippen molar-refractivity contribution in [2.24, 2.45) is 0 Å². The van der Waals surface area contributed by atoms with Crippen LogP contribution in [0.25, 0.3) is 0 Å². The molecule has 1 aliphatic heterocycles. The van der Waals surface area contributed by atoms with Gasteiger partial charge < -0.3 is 10.2 Å². The molecule has 0 aromatic heterocycles. The van der Waals surface area contributed by atoms with Crippen LogP contribution in [-0.2, 0) is 10.0 Å². The van der Waals surface area contributed by atoms with E-state index < -0.39 is 10.0 Å². The molecular weight excluding hydrogens is 386 g/mol. The van der Waals surface area contributed by atoms with E-state index in [1.807, 2.05) is 0 Å². The lowest BCUT2D eigenvalue weighted by atomic mass is 10.2. The van der Waals surface area contributed by atoms with Gasteiger partial charge in [-0.2, -0.15) is 0 Å². The van der Waals surface area contributed by atoms with Crippen LogP contribution in [0.4, 0.5) is 16.2 Å². The Morgan fingerprint density at radius 2 is 1.56 bits per heavy atom. The van der Waals surface area contributed by atoms with Gasteiger partial charge in [0.05, 0.1) is 15.6 Å². The molecule has 0 radical (unpaired) electrons. The van der Waals surface area contributed by atoms with Gasteiger partial charge in [0.2, 0.25) is 0 Å². The van der Waals surface area contributed by atoms with E-state index in [4.69, 9.17) is 11.6 Å². The molecule has 1 heterocycles. The molecule has 2 amide bonds. The van der Waals surface area contributed by atoms with Crippen molar-refractivity contribution in [2.75, 3.05) is 23.1 Å². The Labute approximate surface area is 164 Å². The van der Waals surface area contributed by atoms with E-state index in [2.05, 4.69) is 10.0 Å². The molecule has 1 saturated heterocycles. The lowest BCUT2D eigenvalue weighted by molar-refractivity contribution is 0.214. The lowest BCUT2D eigenvalue weighted by Gasteiger charge is -2.20. The van der Waals surface area contributed by atoms with Crippen LogP contribution in [0.5, 0.6) is 0 Å². The number of hydrogen-bond acceptors (Lipinski definition) is 3. The van der Waals surface area contributed by atoms with Crippen molar-refractivity contribution >= 4 is 39.0 Å². The first-order valence-corrected chi connectivity index (χ1v) is 10.8. The van der Waals surface area contributed by atoms with Gasteiger partial charge in [-0.1, -0.05) is 36.6 Å². The molecule has 0 aliphatic carbocycles. The Morgan fingerprint density at radius 1 is 0.926 bits per heavy atom. The molecule has 8 heteroatoms. The standard InChI is InChI=1S/C19H22ClN3O3S/c20-17-7-3-4-8-18(17)22-27(25,26)16-11-9-15(10-12-16)21-19(24)23-13-5-1-2-6-14-23/h3-4,7-12,22H,1-2,5-6,13-14H2,(H,21,24). The highest BCUT2D eigenvalue weighted by atomic mass is 35.5. The number of urea groups is 1. The number of nitrogens with zero attached hydrogens (tertiary/aromatic N) is 1. The van der Waals surface area contributed by atoms with Gasteiger partial charge in [-0.25, -0.2) is 13.2 Å². The second-order valence-corrected chi connectivity index (χ2v) is 8.53. The van der Waals surface area contributed by atoms with Crippen LogP contribution in [0.15, 0.2) is 53.4 Å². The summed E-state index contributed by atoms with van der Waals surface area (Å²) >= 11 is 6.01. The number of rotatable bonds is 4. The van der Waals surface area contributed by atoms with Crippen molar-refractivity contribution in [1.29, 1.82) is 0 Å². The molecule has 2 aromatic carbocycles. The first-order chi connectivity index (χ1) is 13.0. The molecule has 3 rings (SSSR count). The second-order valence-electron chi connectivity index (χ2n) is 6.44. The van der Waals surface area contributed by atoms with E-state index in [1.54, 1.807) is 41.3 Å². The van der Waals surface area contributed by atoms with Crippen molar-refractivity contribution < 1.29 is 13.2 Å². The largest absolute Gasteiger partial charge is 0.325 e. The predicted octanol–water partition coefficient (Wildman–Crippen LogP) is 4.55. The van der Waals surface area contributed by atoms with Crippen molar-refractivity contribution in [2.45, 2.75) is 30.6 Å². The quantitative estimate of drug-likeness (QED) is 0.780. The molecule has 0 saturated carbocycles. The molecule has 0 unspecified atom stereocenters. The molecule has 1 aliphatic rings. The summed E-state index contributed by atoms with van der Waals surface area (Å²) in [6, 6.07) is 12.5. The second kappa shape index (κ2) is 8.63. The molecule has 2 aromatic rings. The Balaban J connectivity index is 1.67. The van der Waals surface area contributed by atoms with Crippen LogP contribution < -0.4 is 10.0 Å². The maximum atomic E-state index is 12.5. The van der Waals surface area contributed by atoms with Gasteiger partial charge in [0.15, 0.2) is 0 Å². The summed E-state index contributed by atoms with van der Waals surface area (Å²) in [4.78, 5) is 14.2. The zero-order valence-electron chi connectivity index (χ0n) is 14.8. The lowest BCUT2D eigenvalue weighted by Crippen LogP contribution is -2.35. The maximum Gasteiger partial charge on any atom is 0.321 e. The van der Waals surface area contributed by atoms with Gasteiger partial charge in [-0.3, -0.25) is 4.72 Å². The first-order valence-electron chi connectivity index (χ1n) is 8.89. The fourth-order valence-electron chi connectivity index (χ4n) is 2.94. The van der Waals surface area contributed by atoms with E-state index in [1.165, 1.54) is 12.1 Å². The Bertz CT molecular complexity index is 893. The monoisotopic (exact) mass is 407 g/mol. The number of halogens is 1. The summed E-state index contributed by atoms with van der Waals surface area (Å²) < 4.78 is 27.5. The van der Waals surface area contributed by atoms with Crippen LogP contribution in [0.1, 0.15) is 25.7 Å². The highest BCUT2D eigenvalue weighted by Gasteiger charge is 2.17. The predicted molar refractivity (Wildman–Crippen MR) is 108 cm³/mol. The van der Waals surface area contributed by atoms with Gasteiger partial charge in [-0.15, -0.1) is 0 Å². The average Bonchev–Trinajstić information content (AvgIpc) is 2.93. The minimum atomic E-state index is -3.76. The number of sulfonamides is 1. The first kappa shape index (κ1) is 19.5. The molecule has 27 heavy (non-hydrogen) atoms. The van der Waals surface area contributed by atoms with Gasteiger partial charge in [-0.05, 0) is 49.2 Å². The van der Waals surface area contributed by atoms with E-state index in [9.17, 15) is 13.2 Å². The molecule has 0 spiro atoms. The van der Waals surface area contributed by atoms with Gasteiger partial charge in [0.1, 0.15) is 0 Å². The molecule has 1 fully saturated rings. The van der Waals surface area contributed by atoms with Crippen LogP contribution in [-0.4, -0.2) is 32.4 Å². The number of para-hydroxylation sites is 1. The summed E-state index contributed by atoms with van der Waals surface area (Å²) in [5, 5.41) is 3.15. The normalized spacial score (nSPS) is 15.1. The van der Waals surface area contributed by atoms with Crippen molar-refractivity contribution in [3.63, 3.8) is 0 Å². The topological polar surface area (TPSA) is 78.5 Å². The third-order valence-corrected chi connectivity index (χ3v) is 6.14. The van der Waals surface area contributed by atoms with Gasteiger partial charge in [0, 0.05) is 18.8 Å². The van der Waals surface area contributed by atoms with Crippen LogP contribution in [0.2, 0.25) is 5.02 Å². The third kappa shape index (κ3) is 5.14. The number of nitrogens with one attached hydrogen (secondary N) is 2. The van der Waals surface area contributed by atoms with Crippen LogP contribution in [0, 0.1) is 0 Å². The maximum absolute atomic E-state index is 12.5. The van der Waals surface area contributed by atoms with Crippen molar-refractivity contribution in [1.82, 2.24) is 4.90 Å². The van der Waals surface area contributed by atoms with Crippen LogP contribution in [0.3, 0.4) is 0 Å². The number of anilines is 2. The number of carbonyl (C=O) groups excluding carboxylic acids is 1. The Kier molecular flexibility index (Phi) is 6.23. The number of likely N-dealkylation sites (tertiary alicyclic amines) is 1. The highest BCUT2D eigenvalue weighted by Crippen LogP contribution is 2.24. The average molecular weight is 408 g/mol. The van der Waals surface area contributed by atoms with Gasteiger partial charge >= 0.3 is 6.03 Å². The van der Waals surface area contributed by atoms with E-state index in [0.717, 1.165) is 38.8 Å². The summed E-state index contributed by atoms with van der Waals surface area (Å²) in [5.41, 5.74) is 0.874. The summed E-state index contributed by atoms with van der Waals surface area (Å²) in [6.07, 6.45) is 4.32. The Morgan fingerprint density at radius 3 is 2.19 bits per heavy atom. The minimum Gasteiger partial charge on any atom is -0.325 e. The smallest absolute Gasteiger partial charge is 0.321 e. The Hall–Kier alpha value is -2.25. The zero-order chi connectivity index (χ0) is 19.3. The summed E-state index contributed by atoms with van der Waals surface area (Å²) in [6.45, 7) is 1.50. The van der Waals surface area contributed by atoms with Gasteiger partial charge in [0.25, 0.3) is 10.0 Å². The number of amides is 2. The molecule has 144 valence electrons. The fraction of sp³-hybridized carbons (Fsp3) is 0.316. The SMILES string of the molecule is O=C(Nc1ccc(S(=O)(=O)Nc2ccccc2Cl)cc1)N1CCCCCC1. The number of hydrogen-bond donors (Lipinski definition) is 2. The minimum absolute atomic E-state index is 0.0928. The summed E-state index contributed by atoms with van der Waals surface area (Å²) in [5.74, 6) is 0. The number of benzene rings is 2. The molecule has 2 N–H and O–H groups in total. The fourth-order valence-corrected chi connectivity index (χ4v) is 4.26. The molecule has 0 atom stereocenters. The van der Waals surface area contributed by atoms with Crippen molar-refractivity contribution in [3.8, 4) is 0 Å².